The van der Waals surface area contributed by atoms with E-state index in [0.29, 0.717) is 24.5 Å². The number of fused-ring (bicyclic) bond motifs is 1. The molecule has 3 aliphatic rings. The van der Waals surface area contributed by atoms with Crippen molar-refractivity contribution in [1.29, 1.82) is 0 Å². The van der Waals surface area contributed by atoms with Crippen LogP contribution in [0.25, 0.3) is 16.6 Å². The van der Waals surface area contributed by atoms with Crippen LogP contribution in [0, 0.1) is 5.92 Å². The van der Waals surface area contributed by atoms with Crippen LogP contribution in [-0.4, -0.2) is 62.2 Å². The normalized spacial score (nSPS) is 22.0. The number of anilines is 1. The Bertz CT molecular complexity index is 1170. The average molecular weight is 433 g/mol. The van der Waals surface area contributed by atoms with Crippen LogP contribution in [0.2, 0.25) is 0 Å². The molecule has 0 spiro atoms. The SMILES string of the molecule is O=C1CCCC(n2cc(-c3cc4c(N5CCN(C(=O)C6CC6)CC5)ccnn4c3)cn2)C1. The Hall–Kier alpha value is -3.16. The summed E-state index contributed by atoms with van der Waals surface area (Å²) in [6.45, 7) is 3.24. The summed E-state index contributed by atoms with van der Waals surface area (Å²) in [5, 5.41) is 9.08. The first-order chi connectivity index (χ1) is 15.7. The second kappa shape index (κ2) is 7.76. The summed E-state index contributed by atoms with van der Waals surface area (Å²) in [7, 11) is 0. The molecule has 1 unspecified atom stereocenters. The van der Waals surface area contributed by atoms with Crippen LogP contribution < -0.4 is 4.90 Å². The molecule has 1 aliphatic heterocycles. The van der Waals surface area contributed by atoms with E-state index in [9.17, 15) is 9.59 Å². The Balaban J connectivity index is 1.22. The summed E-state index contributed by atoms with van der Waals surface area (Å²) in [6.07, 6.45) is 13.2. The number of hydrogen-bond acceptors (Lipinski definition) is 5. The van der Waals surface area contributed by atoms with E-state index in [2.05, 4.69) is 33.4 Å². The third kappa shape index (κ3) is 3.57. The van der Waals surface area contributed by atoms with Gasteiger partial charge in [-0.1, -0.05) is 0 Å². The minimum atomic E-state index is 0.172. The zero-order chi connectivity index (χ0) is 21.7. The molecule has 2 saturated carbocycles. The van der Waals surface area contributed by atoms with Crippen molar-refractivity contribution < 1.29 is 9.59 Å². The maximum absolute atomic E-state index is 12.4. The second-order valence-corrected chi connectivity index (χ2v) is 9.36. The van der Waals surface area contributed by atoms with E-state index in [4.69, 9.17) is 0 Å². The highest BCUT2D eigenvalue weighted by molar-refractivity contribution is 5.82. The lowest BCUT2D eigenvalue weighted by Crippen LogP contribution is -2.49. The van der Waals surface area contributed by atoms with Crippen LogP contribution in [0.5, 0.6) is 0 Å². The van der Waals surface area contributed by atoms with Crippen LogP contribution in [0.1, 0.15) is 44.6 Å². The van der Waals surface area contributed by atoms with Crippen molar-refractivity contribution in [3.63, 3.8) is 0 Å². The van der Waals surface area contributed by atoms with Crippen molar-refractivity contribution >= 4 is 22.9 Å². The van der Waals surface area contributed by atoms with Gasteiger partial charge in [-0.2, -0.15) is 10.2 Å². The molecule has 4 heterocycles. The minimum absolute atomic E-state index is 0.172. The van der Waals surface area contributed by atoms with Crippen LogP contribution in [0.4, 0.5) is 5.69 Å². The number of rotatable bonds is 4. The Labute approximate surface area is 186 Å². The zero-order valence-electron chi connectivity index (χ0n) is 18.2. The molecular formula is C24H28N6O2. The molecule has 1 saturated heterocycles. The number of carbonyl (C=O) groups excluding carboxylic acids is 2. The van der Waals surface area contributed by atoms with Gasteiger partial charge >= 0.3 is 0 Å². The summed E-state index contributed by atoms with van der Waals surface area (Å²) in [4.78, 5) is 28.6. The molecule has 2 aliphatic carbocycles. The van der Waals surface area contributed by atoms with Crippen molar-refractivity contribution in [2.75, 3.05) is 31.1 Å². The molecule has 0 N–H and O–H groups in total. The fraction of sp³-hybridized carbons (Fsp3) is 0.500. The molecule has 0 bridgehead atoms. The van der Waals surface area contributed by atoms with E-state index in [1.165, 1.54) is 0 Å². The number of Topliss-reactive ketones (excluding diaryl/α,β-unsaturated/α-hetero) is 1. The summed E-state index contributed by atoms with van der Waals surface area (Å²) in [5.41, 5.74) is 4.32. The highest BCUT2D eigenvalue weighted by atomic mass is 16.2. The van der Waals surface area contributed by atoms with Crippen LogP contribution in [0.15, 0.2) is 36.9 Å². The van der Waals surface area contributed by atoms with E-state index < -0.39 is 0 Å². The van der Waals surface area contributed by atoms with E-state index in [1.807, 2.05) is 32.7 Å². The molecule has 3 aromatic rings. The number of piperazine rings is 1. The Morgan fingerprint density at radius 2 is 1.84 bits per heavy atom. The van der Waals surface area contributed by atoms with Gasteiger partial charge in [0, 0.05) is 74.7 Å². The molecule has 8 nitrogen and oxygen atoms in total. The quantitative estimate of drug-likeness (QED) is 0.634. The number of aromatic nitrogens is 4. The molecule has 3 aromatic heterocycles. The molecular weight excluding hydrogens is 404 g/mol. The molecule has 1 atom stereocenters. The summed E-state index contributed by atoms with van der Waals surface area (Å²) in [6, 6.07) is 4.40. The molecule has 32 heavy (non-hydrogen) atoms. The second-order valence-electron chi connectivity index (χ2n) is 9.36. The molecule has 1 amide bonds. The third-order valence-electron chi connectivity index (χ3n) is 7.11. The zero-order valence-corrected chi connectivity index (χ0v) is 18.2. The Morgan fingerprint density at radius 3 is 2.62 bits per heavy atom. The van der Waals surface area contributed by atoms with Crippen LogP contribution in [-0.2, 0) is 9.59 Å². The van der Waals surface area contributed by atoms with Crippen molar-refractivity contribution in [3.05, 3.63) is 36.9 Å². The van der Waals surface area contributed by atoms with Crippen molar-refractivity contribution in [1.82, 2.24) is 24.3 Å². The first-order valence-electron chi connectivity index (χ1n) is 11.7. The predicted octanol–water partition coefficient (Wildman–Crippen LogP) is 2.94. The Morgan fingerprint density at radius 1 is 1.00 bits per heavy atom. The monoisotopic (exact) mass is 432 g/mol. The highest BCUT2D eigenvalue weighted by Crippen LogP contribution is 2.33. The number of ketones is 1. The van der Waals surface area contributed by atoms with Gasteiger partial charge < -0.3 is 9.80 Å². The van der Waals surface area contributed by atoms with Crippen LogP contribution >= 0.6 is 0 Å². The summed E-state index contributed by atoms with van der Waals surface area (Å²) in [5.74, 6) is 0.960. The van der Waals surface area contributed by atoms with E-state index in [0.717, 1.165) is 74.2 Å². The van der Waals surface area contributed by atoms with Gasteiger partial charge in [0.1, 0.15) is 5.78 Å². The van der Waals surface area contributed by atoms with E-state index >= 15 is 0 Å². The lowest BCUT2D eigenvalue weighted by atomic mass is 9.94. The first kappa shape index (κ1) is 19.5. The maximum atomic E-state index is 12.4. The van der Waals surface area contributed by atoms with Gasteiger partial charge in [-0.25, -0.2) is 4.52 Å². The molecule has 0 aromatic carbocycles. The van der Waals surface area contributed by atoms with Gasteiger partial charge in [-0.3, -0.25) is 14.3 Å². The maximum Gasteiger partial charge on any atom is 0.225 e. The standard InChI is InChI=1S/C24H28N6O2/c31-21-3-1-2-20(13-21)29-16-19(14-26-29)18-12-23-22(6-7-25-30(23)15-18)27-8-10-28(11-9-27)24(32)17-4-5-17/h6-7,12,14-17,20H,1-5,8-11,13H2. The first-order valence-corrected chi connectivity index (χ1v) is 11.7. The summed E-state index contributed by atoms with van der Waals surface area (Å²) < 4.78 is 3.88. The van der Waals surface area contributed by atoms with Gasteiger partial charge in [0.15, 0.2) is 0 Å². The molecule has 166 valence electrons. The van der Waals surface area contributed by atoms with Crippen molar-refractivity contribution in [2.45, 2.75) is 44.6 Å². The largest absolute Gasteiger partial charge is 0.366 e. The Kier molecular flexibility index (Phi) is 4.73. The molecule has 3 fully saturated rings. The average Bonchev–Trinajstić information content (AvgIpc) is 3.38. The van der Waals surface area contributed by atoms with Gasteiger partial charge in [0.25, 0.3) is 0 Å². The lowest BCUT2D eigenvalue weighted by molar-refractivity contribution is -0.132. The number of carbonyl (C=O) groups is 2. The molecule has 8 heteroatoms. The number of hydrogen-bond donors (Lipinski definition) is 0. The smallest absolute Gasteiger partial charge is 0.225 e. The third-order valence-corrected chi connectivity index (χ3v) is 7.11. The minimum Gasteiger partial charge on any atom is -0.366 e. The fourth-order valence-electron chi connectivity index (χ4n) is 5.10. The highest BCUT2D eigenvalue weighted by Gasteiger charge is 2.34. The van der Waals surface area contributed by atoms with E-state index in [-0.39, 0.29) is 12.0 Å². The van der Waals surface area contributed by atoms with Crippen molar-refractivity contribution in [3.8, 4) is 11.1 Å². The predicted molar refractivity (Wildman–Crippen MR) is 120 cm³/mol. The van der Waals surface area contributed by atoms with Gasteiger partial charge in [0.2, 0.25) is 5.91 Å². The number of amides is 1. The van der Waals surface area contributed by atoms with Crippen molar-refractivity contribution in [2.24, 2.45) is 5.92 Å². The van der Waals surface area contributed by atoms with Gasteiger partial charge in [-0.05, 0) is 37.8 Å². The molecule has 6 rings (SSSR count). The van der Waals surface area contributed by atoms with Crippen LogP contribution in [0.3, 0.4) is 0 Å². The van der Waals surface area contributed by atoms with E-state index in [1.54, 1.807) is 0 Å². The van der Waals surface area contributed by atoms with Gasteiger partial charge in [-0.15, -0.1) is 0 Å². The fourth-order valence-corrected chi connectivity index (χ4v) is 5.10. The molecule has 0 radical (unpaired) electrons. The summed E-state index contributed by atoms with van der Waals surface area (Å²) >= 11 is 0. The number of nitrogens with zero attached hydrogens (tertiary/aromatic N) is 6. The van der Waals surface area contributed by atoms with Gasteiger partial charge in [0.05, 0.1) is 23.4 Å². The topological polar surface area (TPSA) is 75.7 Å². The lowest BCUT2D eigenvalue weighted by Gasteiger charge is -2.36.